The number of likely N-dealkylation sites (tertiary alicyclic amines) is 1. The summed E-state index contributed by atoms with van der Waals surface area (Å²) in [7, 11) is 0. The molecule has 0 aromatic heterocycles. The van der Waals surface area contributed by atoms with Gasteiger partial charge in [0.2, 0.25) is 11.8 Å². The number of carbonyl (C=O) groups is 2. The van der Waals surface area contributed by atoms with Gasteiger partial charge in [-0.25, -0.2) is 0 Å². The number of nitriles is 1. The van der Waals surface area contributed by atoms with Gasteiger partial charge in [-0.05, 0) is 25.2 Å². The first-order valence-electron chi connectivity index (χ1n) is 6.84. The summed E-state index contributed by atoms with van der Waals surface area (Å²) in [5.41, 5.74) is -1.01. The number of fused-ring (bicyclic) bond motifs is 1. The smallest absolute Gasteiger partial charge is 0.233 e. The molecule has 1 saturated heterocycles. The van der Waals surface area contributed by atoms with Crippen molar-refractivity contribution in [3.63, 3.8) is 0 Å². The molecule has 0 bridgehead atoms. The van der Waals surface area contributed by atoms with Crippen LogP contribution in [0.15, 0.2) is 0 Å². The molecule has 102 valence electrons. The van der Waals surface area contributed by atoms with Crippen LogP contribution in [0.1, 0.15) is 33.6 Å². The van der Waals surface area contributed by atoms with Crippen molar-refractivity contribution in [1.82, 2.24) is 10.2 Å². The highest BCUT2D eigenvalue weighted by molar-refractivity contribution is 6.10. The number of nitrogens with one attached hydrogen (secondary N) is 1. The molecule has 3 unspecified atom stereocenters. The number of rotatable bonds is 4. The quantitative estimate of drug-likeness (QED) is 0.755. The zero-order valence-electron chi connectivity index (χ0n) is 11.6. The van der Waals surface area contributed by atoms with E-state index < -0.39 is 5.54 Å². The lowest BCUT2D eigenvalue weighted by atomic mass is 10.0. The van der Waals surface area contributed by atoms with Gasteiger partial charge in [0.15, 0.2) is 0 Å². The van der Waals surface area contributed by atoms with Crippen LogP contribution in [0.4, 0.5) is 0 Å². The number of hydrogen-bond acceptors (Lipinski definition) is 4. The Morgan fingerprint density at radius 3 is 2.32 bits per heavy atom. The van der Waals surface area contributed by atoms with Crippen LogP contribution in [0.3, 0.4) is 0 Å². The molecule has 0 aromatic rings. The average Bonchev–Trinajstić information content (AvgIpc) is 3.20. The van der Waals surface area contributed by atoms with E-state index in [1.54, 1.807) is 6.92 Å². The molecule has 0 aromatic carbocycles. The zero-order valence-corrected chi connectivity index (χ0v) is 11.6. The van der Waals surface area contributed by atoms with Crippen molar-refractivity contribution in [3.05, 3.63) is 0 Å². The fraction of sp³-hybridized carbons (Fsp3) is 0.786. The van der Waals surface area contributed by atoms with Gasteiger partial charge in [-0.3, -0.25) is 19.8 Å². The zero-order chi connectivity index (χ0) is 14.0. The number of piperidine rings is 1. The maximum atomic E-state index is 12.2. The molecule has 2 aliphatic carbocycles. The van der Waals surface area contributed by atoms with Crippen LogP contribution in [0.2, 0.25) is 0 Å². The Bertz CT molecular complexity index is 479. The topological polar surface area (TPSA) is 73.2 Å². The first-order valence-corrected chi connectivity index (χ1v) is 6.84. The van der Waals surface area contributed by atoms with E-state index in [-0.39, 0.29) is 35.6 Å². The fourth-order valence-corrected chi connectivity index (χ4v) is 3.27. The Hall–Kier alpha value is -1.41. The molecule has 1 aliphatic heterocycles. The molecule has 19 heavy (non-hydrogen) atoms. The Labute approximate surface area is 112 Å². The van der Waals surface area contributed by atoms with E-state index in [0.717, 1.165) is 12.8 Å². The van der Waals surface area contributed by atoms with Gasteiger partial charge >= 0.3 is 0 Å². The van der Waals surface area contributed by atoms with Crippen molar-refractivity contribution in [2.75, 3.05) is 6.54 Å². The second kappa shape index (κ2) is 3.57. The highest BCUT2D eigenvalue weighted by Crippen LogP contribution is 2.63. The highest BCUT2D eigenvalue weighted by Gasteiger charge is 2.72. The van der Waals surface area contributed by atoms with Crippen molar-refractivity contribution in [1.29, 1.82) is 5.26 Å². The number of amides is 2. The summed E-state index contributed by atoms with van der Waals surface area (Å²) < 4.78 is 0. The van der Waals surface area contributed by atoms with Crippen molar-refractivity contribution < 1.29 is 9.59 Å². The number of hydrogen-bond donors (Lipinski definition) is 1. The third-order valence-corrected chi connectivity index (χ3v) is 4.71. The molecule has 0 spiro atoms. The molecular weight excluding hydrogens is 242 g/mol. The van der Waals surface area contributed by atoms with Crippen LogP contribution < -0.4 is 5.32 Å². The molecule has 2 amide bonds. The number of imide groups is 1. The number of carbonyl (C=O) groups excluding carboxylic acids is 2. The largest absolute Gasteiger partial charge is 0.295 e. The van der Waals surface area contributed by atoms with Gasteiger partial charge < -0.3 is 0 Å². The summed E-state index contributed by atoms with van der Waals surface area (Å²) >= 11 is 0. The molecule has 3 fully saturated rings. The third-order valence-electron chi connectivity index (χ3n) is 4.71. The first kappa shape index (κ1) is 12.6. The first-order chi connectivity index (χ1) is 8.80. The lowest BCUT2D eigenvalue weighted by Gasteiger charge is -2.30. The second-order valence-electron chi connectivity index (χ2n) is 6.90. The summed E-state index contributed by atoms with van der Waals surface area (Å²) in [5.74, 6) is -0.522. The third kappa shape index (κ3) is 1.78. The van der Waals surface area contributed by atoms with Crippen LogP contribution in [0, 0.1) is 28.6 Å². The van der Waals surface area contributed by atoms with Gasteiger partial charge in [0.1, 0.15) is 5.54 Å². The summed E-state index contributed by atoms with van der Waals surface area (Å²) in [6.45, 7) is 5.85. The molecule has 2 saturated carbocycles. The summed E-state index contributed by atoms with van der Waals surface area (Å²) in [5, 5.41) is 12.5. The SMILES string of the molecule is CC(C#N)(CN1C(=O)C2C(C1=O)C2(C)C)NC1CC1. The van der Waals surface area contributed by atoms with Gasteiger partial charge in [-0.1, -0.05) is 13.8 Å². The highest BCUT2D eigenvalue weighted by atomic mass is 16.2. The van der Waals surface area contributed by atoms with Crippen LogP contribution in [-0.4, -0.2) is 34.8 Å². The van der Waals surface area contributed by atoms with E-state index in [9.17, 15) is 14.9 Å². The van der Waals surface area contributed by atoms with Crippen LogP contribution in [0.25, 0.3) is 0 Å². The van der Waals surface area contributed by atoms with Crippen LogP contribution in [-0.2, 0) is 9.59 Å². The predicted octanol–water partition coefficient (Wildman–Crippen LogP) is 0.662. The van der Waals surface area contributed by atoms with Gasteiger partial charge in [0.25, 0.3) is 0 Å². The molecule has 3 rings (SSSR count). The standard InChI is InChI=1S/C14H19N3O2/c1-13(2)9-10(13)12(19)17(11(9)18)7-14(3,6-15)16-8-4-5-8/h8-10,16H,4-5,7H2,1-3H3. The minimum atomic E-state index is -0.826. The molecule has 5 heteroatoms. The Balaban J connectivity index is 1.72. The molecule has 5 nitrogen and oxygen atoms in total. The van der Waals surface area contributed by atoms with Crippen molar-refractivity contribution in [2.24, 2.45) is 17.3 Å². The molecule has 0 radical (unpaired) electrons. The normalized spacial score (nSPS) is 34.7. The molecule has 1 N–H and O–H groups in total. The van der Waals surface area contributed by atoms with Crippen molar-refractivity contribution in [3.8, 4) is 6.07 Å². The van der Waals surface area contributed by atoms with Gasteiger partial charge in [0, 0.05) is 6.04 Å². The maximum Gasteiger partial charge on any atom is 0.233 e. The van der Waals surface area contributed by atoms with E-state index in [1.165, 1.54) is 4.90 Å². The van der Waals surface area contributed by atoms with Crippen LogP contribution >= 0.6 is 0 Å². The van der Waals surface area contributed by atoms with Gasteiger partial charge in [-0.15, -0.1) is 0 Å². The minimum Gasteiger partial charge on any atom is -0.295 e. The average molecular weight is 261 g/mol. The summed E-state index contributed by atoms with van der Waals surface area (Å²) in [4.78, 5) is 25.8. The van der Waals surface area contributed by atoms with Crippen LogP contribution in [0.5, 0.6) is 0 Å². The molecule has 3 aliphatic rings. The van der Waals surface area contributed by atoms with E-state index >= 15 is 0 Å². The van der Waals surface area contributed by atoms with E-state index in [1.807, 2.05) is 13.8 Å². The maximum absolute atomic E-state index is 12.2. The monoisotopic (exact) mass is 261 g/mol. The van der Waals surface area contributed by atoms with Gasteiger partial charge in [0.05, 0.1) is 24.4 Å². The van der Waals surface area contributed by atoms with Crippen molar-refractivity contribution >= 4 is 11.8 Å². The number of nitrogens with zero attached hydrogens (tertiary/aromatic N) is 2. The Kier molecular flexibility index (Phi) is 2.37. The fourth-order valence-electron chi connectivity index (χ4n) is 3.27. The second-order valence-corrected chi connectivity index (χ2v) is 6.90. The minimum absolute atomic E-state index is 0.0981. The van der Waals surface area contributed by atoms with Crippen molar-refractivity contribution in [2.45, 2.75) is 45.2 Å². The Morgan fingerprint density at radius 1 is 1.37 bits per heavy atom. The molecular formula is C14H19N3O2. The molecule has 3 atom stereocenters. The summed E-state index contributed by atoms with van der Waals surface area (Å²) in [6.07, 6.45) is 2.13. The lowest BCUT2D eigenvalue weighted by molar-refractivity contribution is -0.143. The lowest BCUT2D eigenvalue weighted by Crippen LogP contribution is -2.53. The Morgan fingerprint density at radius 2 is 1.89 bits per heavy atom. The predicted molar refractivity (Wildman–Crippen MR) is 67.7 cm³/mol. The van der Waals surface area contributed by atoms with E-state index in [0.29, 0.717) is 6.04 Å². The van der Waals surface area contributed by atoms with E-state index in [4.69, 9.17) is 0 Å². The van der Waals surface area contributed by atoms with E-state index in [2.05, 4.69) is 11.4 Å². The summed E-state index contributed by atoms with van der Waals surface area (Å²) in [6, 6.07) is 2.58. The van der Waals surface area contributed by atoms with Gasteiger partial charge in [-0.2, -0.15) is 5.26 Å². The molecule has 1 heterocycles.